The van der Waals surface area contributed by atoms with Gasteiger partial charge in [-0.3, -0.25) is 0 Å². The molecule has 3 aromatic rings. The molecule has 2 aromatic carbocycles. The van der Waals surface area contributed by atoms with Gasteiger partial charge in [0, 0.05) is 37.1 Å². The van der Waals surface area contributed by atoms with E-state index in [0.717, 1.165) is 37.0 Å². The first-order chi connectivity index (χ1) is 13.2. The number of aromatic nitrogens is 2. The smallest absolute Gasteiger partial charge is 0.135 e. The van der Waals surface area contributed by atoms with Crippen LogP contribution in [0.3, 0.4) is 0 Å². The van der Waals surface area contributed by atoms with E-state index < -0.39 is 0 Å². The second kappa shape index (κ2) is 9.03. The number of aryl methyl sites for hydroxylation is 1. The number of nitrogens with zero attached hydrogens (tertiary/aromatic N) is 3. The zero-order valence-electron chi connectivity index (χ0n) is 16.2. The molecule has 0 radical (unpaired) electrons. The van der Waals surface area contributed by atoms with Gasteiger partial charge in [-0.2, -0.15) is 0 Å². The Labute approximate surface area is 161 Å². The zero-order chi connectivity index (χ0) is 19.1. The topological polar surface area (TPSA) is 53.1 Å². The van der Waals surface area contributed by atoms with Crippen LogP contribution in [0.25, 0.3) is 0 Å². The number of hydrogen-bond donors (Lipinski definition) is 2. The van der Waals surface area contributed by atoms with Crippen molar-refractivity contribution < 1.29 is 0 Å². The van der Waals surface area contributed by atoms with Crippen molar-refractivity contribution >= 4 is 23.0 Å². The molecule has 2 N–H and O–H groups in total. The molecule has 5 heteroatoms. The number of rotatable bonds is 8. The van der Waals surface area contributed by atoms with Gasteiger partial charge in [-0.15, -0.1) is 0 Å². The summed E-state index contributed by atoms with van der Waals surface area (Å²) in [5.74, 6) is 1.57. The Morgan fingerprint density at radius 2 is 1.63 bits per heavy atom. The quantitative estimate of drug-likeness (QED) is 0.592. The molecule has 0 unspecified atom stereocenters. The maximum Gasteiger partial charge on any atom is 0.135 e. The molecule has 5 nitrogen and oxygen atoms in total. The molecular formula is C22H27N5. The van der Waals surface area contributed by atoms with E-state index in [0.29, 0.717) is 0 Å². The van der Waals surface area contributed by atoms with E-state index >= 15 is 0 Å². The minimum absolute atomic E-state index is 0.733. The summed E-state index contributed by atoms with van der Waals surface area (Å²) in [5, 5.41) is 6.70. The van der Waals surface area contributed by atoms with Gasteiger partial charge in [-0.1, -0.05) is 29.8 Å². The lowest BCUT2D eigenvalue weighted by molar-refractivity contribution is 0.866. The van der Waals surface area contributed by atoms with E-state index in [1.54, 1.807) is 6.33 Å². The fourth-order valence-corrected chi connectivity index (χ4v) is 3.03. The molecule has 0 bridgehead atoms. The normalized spacial score (nSPS) is 10.5. The van der Waals surface area contributed by atoms with Gasteiger partial charge in [0.15, 0.2) is 0 Å². The monoisotopic (exact) mass is 361 g/mol. The molecule has 0 amide bonds. The van der Waals surface area contributed by atoms with E-state index in [9.17, 15) is 0 Å². The van der Waals surface area contributed by atoms with E-state index in [1.165, 1.54) is 16.8 Å². The van der Waals surface area contributed by atoms with Crippen molar-refractivity contribution in [1.29, 1.82) is 0 Å². The molecule has 1 heterocycles. The van der Waals surface area contributed by atoms with Crippen LogP contribution in [0, 0.1) is 6.92 Å². The minimum Gasteiger partial charge on any atom is -0.372 e. The van der Waals surface area contributed by atoms with Crippen molar-refractivity contribution in [2.24, 2.45) is 0 Å². The Hall–Kier alpha value is -3.08. The largest absolute Gasteiger partial charge is 0.372 e. The predicted octanol–water partition coefficient (Wildman–Crippen LogP) is 4.99. The molecule has 0 spiro atoms. The van der Waals surface area contributed by atoms with Crippen molar-refractivity contribution in [2.75, 3.05) is 28.6 Å². The fraction of sp³-hybridized carbons (Fsp3) is 0.273. The highest BCUT2D eigenvalue weighted by Gasteiger charge is 2.03. The third-order valence-electron chi connectivity index (χ3n) is 4.49. The summed E-state index contributed by atoms with van der Waals surface area (Å²) in [6.45, 7) is 9.18. The van der Waals surface area contributed by atoms with Crippen molar-refractivity contribution in [2.45, 2.75) is 27.3 Å². The summed E-state index contributed by atoms with van der Waals surface area (Å²) < 4.78 is 0. The Morgan fingerprint density at radius 3 is 2.33 bits per heavy atom. The molecule has 0 atom stereocenters. The summed E-state index contributed by atoms with van der Waals surface area (Å²) in [5.41, 5.74) is 4.73. The number of anilines is 4. The number of hydrogen-bond acceptors (Lipinski definition) is 5. The lowest BCUT2D eigenvalue weighted by Gasteiger charge is -2.21. The van der Waals surface area contributed by atoms with Gasteiger partial charge < -0.3 is 15.5 Å². The first-order valence-corrected chi connectivity index (χ1v) is 9.41. The highest BCUT2D eigenvalue weighted by molar-refractivity contribution is 5.62. The molecule has 1 aromatic heterocycles. The van der Waals surface area contributed by atoms with Gasteiger partial charge >= 0.3 is 0 Å². The van der Waals surface area contributed by atoms with Gasteiger partial charge in [0.1, 0.15) is 18.0 Å². The van der Waals surface area contributed by atoms with Crippen LogP contribution in [0.5, 0.6) is 0 Å². The van der Waals surface area contributed by atoms with Gasteiger partial charge in [-0.05, 0) is 50.6 Å². The average molecular weight is 361 g/mol. The highest BCUT2D eigenvalue weighted by atomic mass is 15.1. The van der Waals surface area contributed by atoms with Crippen LogP contribution < -0.4 is 15.5 Å². The molecule has 3 rings (SSSR count). The summed E-state index contributed by atoms with van der Waals surface area (Å²) in [7, 11) is 0. The number of benzene rings is 2. The third kappa shape index (κ3) is 5.20. The number of nitrogens with one attached hydrogen (secondary N) is 2. The van der Waals surface area contributed by atoms with Gasteiger partial charge in [0.2, 0.25) is 0 Å². The maximum absolute atomic E-state index is 4.32. The van der Waals surface area contributed by atoms with Crippen LogP contribution >= 0.6 is 0 Å². The van der Waals surface area contributed by atoms with E-state index in [1.807, 2.05) is 6.07 Å². The molecule has 0 fully saturated rings. The van der Waals surface area contributed by atoms with E-state index in [-0.39, 0.29) is 0 Å². The van der Waals surface area contributed by atoms with Crippen LogP contribution in [-0.2, 0) is 6.54 Å². The Kier molecular flexibility index (Phi) is 6.26. The summed E-state index contributed by atoms with van der Waals surface area (Å²) in [6, 6.07) is 18.8. The van der Waals surface area contributed by atoms with Crippen LogP contribution in [0.2, 0.25) is 0 Å². The van der Waals surface area contributed by atoms with Gasteiger partial charge in [0.25, 0.3) is 0 Å². The minimum atomic E-state index is 0.733. The fourth-order valence-electron chi connectivity index (χ4n) is 3.03. The van der Waals surface area contributed by atoms with Gasteiger partial charge in [0.05, 0.1) is 0 Å². The molecular weight excluding hydrogens is 334 g/mol. The van der Waals surface area contributed by atoms with Crippen LogP contribution in [0.15, 0.2) is 60.9 Å². The Bertz CT molecular complexity index is 857. The van der Waals surface area contributed by atoms with Crippen LogP contribution in [0.4, 0.5) is 23.0 Å². The zero-order valence-corrected chi connectivity index (χ0v) is 16.2. The summed E-state index contributed by atoms with van der Waals surface area (Å²) in [6.07, 6.45) is 1.57. The van der Waals surface area contributed by atoms with Crippen LogP contribution in [0.1, 0.15) is 25.0 Å². The predicted molar refractivity (Wildman–Crippen MR) is 114 cm³/mol. The molecule has 0 saturated carbocycles. The second-order valence-corrected chi connectivity index (χ2v) is 6.48. The summed E-state index contributed by atoms with van der Waals surface area (Å²) in [4.78, 5) is 11.0. The third-order valence-corrected chi connectivity index (χ3v) is 4.49. The Morgan fingerprint density at radius 1 is 0.889 bits per heavy atom. The lowest BCUT2D eigenvalue weighted by Crippen LogP contribution is -2.21. The molecule has 0 aliphatic rings. The van der Waals surface area contributed by atoms with Gasteiger partial charge in [-0.25, -0.2) is 9.97 Å². The van der Waals surface area contributed by atoms with Crippen molar-refractivity contribution in [1.82, 2.24) is 9.97 Å². The van der Waals surface area contributed by atoms with E-state index in [4.69, 9.17) is 0 Å². The first-order valence-electron chi connectivity index (χ1n) is 9.41. The average Bonchev–Trinajstić information content (AvgIpc) is 2.69. The molecule has 27 heavy (non-hydrogen) atoms. The SMILES string of the molecule is CCN(CC)c1ccc(Nc2cc(NCc3cccc(C)c3)ncn2)cc1. The standard InChI is InChI=1S/C22H27N5/c1-4-27(5-2)20-11-9-19(10-12-20)26-22-14-21(24-16-25-22)23-15-18-8-6-7-17(3)13-18/h6-14,16H,4-5,15H2,1-3H3,(H2,23,24,25,26). The maximum atomic E-state index is 4.32. The molecule has 140 valence electrons. The molecule has 0 aliphatic carbocycles. The van der Waals surface area contributed by atoms with Crippen molar-refractivity contribution in [3.63, 3.8) is 0 Å². The molecule has 0 saturated heterocycles. The first kappa shape index (κ1) is 18.7. The Balaban J connectivity index is 1.63. The molecule has 0 aliphatic heterocycles. The van der Waals surface area contributed by atoms with Crippen molar-refractivity contribution in [3.05, 3.63) is 72.1 Å². The summed E-state index contributed by atoms with van der Waals surface area (Å²) >= 11 is 0. The van der Waals surface area contributed by atoms with E-state index in [2.05, 4.69) is 94.8 Å². The second-order valence-electron chi connectivity index (χ2n) is 6.48. The van der Waals surface area contributed by atoms with Crippen LogP contribution in [-0.4, -0.2) is 23.1 Å². The van der Waals surface area contributed by atoms with Crippen molar-refractivity contribution in [3.8, 4) is 0 Å². The highest BCUT2D eigenvalue weighted by Crippen LogP contribution is 2.21. The lowest BCUT2D eigenvalue weighted by atomic mass is 10.1.